The summed E-state index contributed by atoms with van der Waals surface area (Å²) in [6, 6.07) is 0. The predicted octanol–water partition coefficient (Wildman–Crippen LogP) is 4.31. The first-order chi connectivity index (χ1) is 12.1. The van der Waals surface area contributed by atoms with E-state index in [-0.39, 0.29) is 48.5 Å². The molecule has 5 nitrogen and oxygen atoms in total. The van der Waals surface area contributed by atoms with Crippen LogP contribution in [0, 0.1) is 11.3 Å². The smallest absolute Gasteiger partial charge is 0.311 e. The van der Waals surface area contributed by atoms with E-state index in [1.807, 2.05) is 27.7 Å². The summed E-state index contributed by atoms with van der Waals surface area (Å²) in [6.07, 6.45) is 1.76. The molecule has 0 bridgehead atoms. The Morgan fingerprint density at radius 2 is 1.78 bits per heavy atom. The van der Waals surface area contributed by atoms with Gasteiger partial charge in [-0.2, -0.15) is 0 Å². The molecule has 1 aliphatic rings. The molecule has 1 saturated heterocycles. The standard InChI is InChI=1S/C21H40O5Si/c1-14(13-24-19(23)20(3,4)5)11-15(2)17(18-16(12-22)25-18)26-27(9,10)21(6,7)8/h11,15-18,22H,12-13H2,1-10H3/b14-11+/t15-,16+,17+,18-/m1/s1. The normalized spacial score (nSPS) is 23.7. The number of epoxide rings is 1. The Bertz CT molecular complexity index is 542. The SMILES string of the molecule is C/C(=C\[C@@H](C)[C@H](O[Si](C)(C)C(C)(C)C)[C@@H]1O[C@H]1CO)COC(=O)C(C)(C)C. The Balaban J connectivity index is 2.85. The Morgan fingerprint density at radius 3 is 2.19 bits per heavy atom. The fourth-order valence-corrected chi connectivity index (χ4v) is 3.95. The zero-order valence-electron chi connectivity index (χ0n) is 18.9. The lowest BCUT2D eigenvalue weighted by Gasteiger charge is -2.40. The first-order valence-electron chi connectivity index (χ1n) is 9.89. The molecule has 0 aromatic carbocycles. The van der Waals surface area contributed by atoms with E-state index in [4.69, 9.17) is 13.9 Å². The summed E-state index contributed by atoms with van der Waals surface area (Å²) in [5.74, 6) is -0.114. The largest absolute Gasteiger partial charge is 0.461 e. The summed E-state index contributed by atoms with van der Waals surface area (Å²) in [5.41, 5.74) is 0.487. The molecule has 0 unspecified atom stereocenters. The molecule has 1 fully saturated rings. The number of rotatable bonds is 8. The van der Waals surface area contributed by atoms with Crippen molar-refractivity contribution in [2.45, 2.75) is 91.8 Å². The molecular weight excluding hydrogens is 360 g/mol. The van der Waals surface area contributed by atoms with Crippen molar-refractivity contribution >= 4 is 14.3 Å². The fraction of sp³-hybridized carbons (Fsp3) is 0.857. The first kappa shape index (κ1) is 24.3. The van der Waals surface area contributed by atoms with Gasteiger partial charge in [-0.25, -0.2) is 0 Å². The lowest BCUT2D eigenvalue weighted by molar-refractivity contribution is -0.151. The van der Waals surface area contributed by atoms with Gasteiger partial charge in [0, 0.05) is 5.92 Å². The van der Waals surface area contributed by atoms with E-state index in [0.29, 0.717) is 0 Å². The molecule has 1 aliphatic heterocycles. The second-order valence-corrected chi connectivity index (χ2v) is 15.1. The Kier molecular flexibility index (Phi) is 7.90. The highest BCUT2D eigenvalue weighted by atomic mass is 28.4. The molecule has 0 aromatic heterocycles. The molecule has 158 valence electrons. The van der Waals surface area contributed by atoms with Crippen molar-refractivity contribution in [3.8, 4) is 0 Å². The molecule has 0 amide bonds. The summed E-state index contributed by atoms with van der Waals surface area (Å²) < 4.78 is 17.7. The van der Waals surface area contributed by atoms with E-state index in [0.717, 1.165) is 5.57 Å². The minimum Gasteiger partial charge on any atom is -0.461 e. The summed E-state index contributed by atoms with van der Waals surface area (Å²) >= 11 is 0. The van der Waals surface area contributed by atoms with Gasteiger partial charge in [0.15, 0.2) is 8.32 Å². The zero-order valence-corrected chi connectivity index (χ0v) is 19.9. The van der Waals surface area contributed by atoms with Gasteiger partial charge in [-0.05, 0) is 51.4 Å². The monoisotopic (exact) mass is 400 g/mol. The van der Waals surface area contributed by atoms with E-state index in [2.05, 4.69) is 46.9 Å². The number of aliphatic hydroxyl groups is 1. The lowest BCUT2D eigenvalue weighted by atomic mass is 9.97. The van der Waals surface area contributed by atoms with Crippen molar-refractivity contribution in [3.05, 3.63) is 11.6 Å². The van der Waals surface area contributed by atoms with Gasteiger partial charge in [-0.3, -0.25) is 4.79 Å². The van der Waals surface area contributed by atoms with E-state index >= 15 is 0 Å². The number of ether oxygens (including phenoxy) is 2. The topological polar surface area (TPSA) is 68.3 Å². The van der Waals surface area contributed by atoms with Crippen molar-refractivity contribution in [1.29, 1.82) is 0 Å². The van der Waals surface area contributed by atoms with Crippen LogP contribution in [0.25, 0.3) is 0 Å². The van der Waals surface area contributed by atoms with Gasteiger partial charge in [0.05, 0.1) is 18.1 Å². The molecule has 6 heteroatoms. The molecule has 1 rings (SSSR count). The number of hydrogen-bond donors (Lipinski definition) is 1. The van der Waals surface area contributed by atoms with Gasteiger partial charge >= 0.3 is 5.97 Å². The number of carbonyl (C=O) groups is 1. The van der Waals surface area contributed by atoms with E-state index in [1.165, 1.54) is 0 Å². The second-order valence-electron chi connectivity index (χ2n) is 10.4. The average molecular weight is 401 g/mol. The van der Waals surface area contributed by atoms with Crippen LogP contribution in [-0.4, -0.2) is 50.9 Å². The van der Waals surface area contributed by atoms with Crippen LogP contribution in [0.5, 0.6) is 0 Å². The Hall–Kier alpha value is -0.693. The summed E-state index contributed by atoms with van der Waals surface area (Å²) in [5, 5.41) is 9.52. The predicted molar refractivity (Wildman–Crippen MR) is 111 cm³/mol. The molecule has 0 radical (unpaired) electrons. The van der Waals surface area contributed by atoms with Crippen LogP contribution < -0.4 is 0 Å². The molecule has 4 atom stereocenters. The summed E-state index contributed by atoms with van der Waals surface area (Å²) in [4.78, 5) is 12.0. The minimum atomic E-state index is -1.98. The molecule has 1 N–H and O–H groups in total. The van der Waals surface area contributed by atoms with Crippen LogP contribution in [0.4, 0.5) is 0 Å². The first-order valence-corrected chi connectivity index (χ1v) is 12.8. The molecule has 27 heavy (non-hydrogen) atoms. The van der Waals surface area contributed by atoms with Crippen LogP contribution in [0.1, 0.15) is 55.4 Å². The average Bonchev–Trinajstić information content (AvgIpc) is 3.27. The third-order valence-electron chi connectivity index (χ3n) is 5.47. The van der Waals surface area contributed by atoms with Gasteiger partial charge in [0.2, 0.25) is 0 Å². The maximum atomic E-state index is 12.0. The van der Waals surface area contributed by atoms with Crippen LogP contribution in [0.2, 0.25) is 18.1 Å². The molecule has 0 aromatic rings. The summed E-state index contributed by atoms with van der Waals surface area (Å²) in [6.45, 7) is 21.0. The Labute approximate surface area is 166 Å². The molecule has 0 saturated carbocycles. The number of esters is 1. The van der Waals surface area contributed by atoms with Crippen LogP contribution in [-0.2, 0) is 18.7 Å². The van der Waals surface area contributed by atoms with Gasteiger partial charge in [0.25, 0.3) is 0 Å². The fourth-order valence-electron chi connectivity index (χ4n) is 2.57. The third kappa shape index (κ3) is 7.00. The molecule has 1 heterocycles. The van der Waals surface area contributed by atoms with Crippen molar-refractivity contribution in [2.24, 2.45) is 11.3 Å². The quantitative estimate of drug-likeness (QED) is 0.285. The molecule has 0 aliphatic carbocycles. The number of aliphatic hydroxyl groups excluding tert-OH is 1. The highest BCUT2D eigenvalue weighted by molar-refractivity contribution is 6.74. The number of carbonyl (C=O) groups excluding carboxylic acids is 1. The highest BCUT2D eigenvalue weighted by Crippen LogP contribution is 2.41. The third-order valence-corrected chi connectivity index (χ3v) is 9.95. The zero-order chi connectivity index (χ0) is 21.2. The van der Waals surface area contributed by atoms with Crippen molar-refractivity contribution in [1.82, 2.24) is 0 Å². The maximum Gasteiger partial charge on any atom is 0.311 e. The van der Waals surface area contributed by atoms with Gasteiger partial charge in [-0.1, -0.05) is 33.8 Å². The van der Waals surface area contributed by atoms with Crippen molar-refractivity contribution in [3.63, 3.8) is 0 Å². The van der Waals surface area contributed by atoms with Crippen LogP contribution >= 0.6 is 0 Å². The minimum absolute atomic E-state index is 0.0145. The molecule has 0 spiro atoms. The van der Waals surface area contributed by atoms with Gasteiger partial charge in [-0.15, -0.1) is 0 Å². The molecular formula is C21H40O5Si. The van der Waals surface area contributed by atoms with E-state index in [1.54, 1.807) is 0 Å². The van der Waals surface area contributed by atoms with Gasteiger partial charge < -0.3 is 19.0 Å². The second kappa shape index (κ2) is 8.76. The maximum absolute atomic E-state index is 12.0. The number of hydrogen-bond acceptors (Lipinski definition) is 5. The van der Waals surface area contributed by atoms with E-state index in [9.17, 15) is 9.90 Å². The van der Waals surface area contributed by atoms with Gasteiger partial charge in [0.1, 0.15) is 18.8 Å². The van der Waals surface area contributed by atoms with Crippen LogP contribution in [0.15, 0.2) is 11.6 Å². The summed E-state index contributed by atoms with van der Waals surface area (Å²) in [7, 11) is -1.98. The highest BCUT2D eigenvalue weighted by Gasteiger charge is 2.50. The van der Waals surface area contributed by atoms with Crippen LogP contribution in [0.3, 0.4) is 0 Å². The van der Waals surface area contributed by atoms with Crippen molar-refractivity contribution in [2.75, 3.05) is 13.2 Å². The Morgan fingerprint density at radius 1 is 1.22 bits per heavy atom. The van der Waals surface area contributed by atoms with Crippen molar-refractivity contribution < 1.29 is 23.8 Å². The lowest BCUT2D eigenvalue weighted by Crippen LogP contribution is -2.47. The van der Waals surface area contributed by atoms with E-state index < -0.39 is 13.7 Å².